The Bertz CT molecular complexity index is 1110. The van der Waals surface area contributed by atoms with Gasteiger partial charge in [-0.2, -0.15) is 4.68 Å². The summed E-state index contributed by atoms with van der Waals surface area (Å²) in [5.74, 6) is -1.05. The summed E-state index contributed by atoms with van der Waals surface area (Å²) in [6.07, 6.45) is 5.48. The predicted octanol–water partition coefficient (Wildman–Crippen LogP) is 2.86. The molecule has 3 rings (SSSR count). The number of nitrogens with one attached hydrogen (secondary N) is 2. The Labute approximate surface area is 198 Å². The minimum Gasteiger partial charge on any atom is -0.460 e. The Morgan fingerprint density at radius 1 is 1.15 bits per heavy atom. The quantitative estimate of drug-likeness (QED) is 0.307. The Balaban J connectivity index is 1.51. The molecule has 1 atom stereocenters. The summed E-state index contributed by atoms with van der Waals surface area (Å²) in [6, 6.07) is 4.46. The number of anilines is 1. The molecule has 2 amide bonds. The number of esters is 1. The van der Waals surface area contributed by atoms with Gasteiger partial charge in [-0.1, -0.05) is 30.5 Å². The van der Waals surface area contributed by atoms with Gasteiger partial charge in [0.1, 0.15) is 17.2 Å². The Morgan fingerprint density at radius 3 is 2.62 bits per heavy atom. The van der Waals surface area contributed by atoms with Crippen molar-refractivity contribution in [3.8, 4) is 0 Å². The number of rotatable bonds is 10. The van der Waals surface area contributed by atoms with E-state index in [4.69, 9.17) is 4.74 Å². The second-order valence-electron chi connectivity index (χ2n) is 9.54. The molecule has 1 fully saturated rings. The number of piperidine rings is 1. The second-order valence-corrected chi connectivity index (χ2v) is 9.54. The highest BCUT2D eigenvalue weighted by molar-refractivity contribution is 5.99. The summed E-state index contributed by atoms with van der Waals surface area (Å²) < 4.78 is 6.38. The summed E-state index contributed by atoms with van der Waals surface area (Å²) in [7, 11) is 0. The van der Waals surface area contributed by atoms with E-state index in [9.17, 15) is 19.2 Å². The third-order valence-electron chi connectivity index (χ3n) is 5.51. The molecular weight excluding hydrogens is 438 g/mol. The molecule has 0 radical (unpaired) electrons. The molecule has 1 unspecified atom stereocenters. The maximum Gasteiger partial charge on any atom is 0.306 e. The molecule has 0 aliphatic carbocycles. The number of benzene rings is 1. The molecule has 1 saturated heterocycles. The van der Waals surface area contributed by atoms with Crippen molar-refractivity contribution in [2.45, 2.75) is 83.8 Å². The number of hydrogen-bond donors (Lipinski definition) is 2. The van der Waals surface area contributed by atoms with Crippen LogP contribution in [0.3, 0.4) is 0 Å². The summed E-state index contributed by atoms with van der Waals surface area (Å²) in [6.45, 7) is 6.27. The topological polar surface area (TPSA) is 132 Å². The van der Waals surface area contributed by atoms with Gasteiger partial charge >= 0.3 is 5.97 Å². The zero-order chi connectivity index (χ0) is 24.7. The summed E-state index contributed by atoms with van der Waals surface area (Å²) in [5.41, 5.74) is 0.231. The van der Waals surface area contributed by atoms with Crippen LogP contribution in [-0.2, 0) is 19.1 Å². The highest BCUT2D eigenvalue weighted by Crippen LogP contribution is 2.21. The number of carbonyl (C=O) groups is 3. The average Bonchev–Trinajstić information content (AvgIpc) is 2.75. The zero-order valence-corrected chi connectivity index (χ0v) is 20.1. The summed E-state index contributed by atoms with van der Waals surface area (Å²) >= 11 is 0. The van der Waals surface area contributed by atoms with E-state index in [0.717, 1.165) is 36.8 Å². The van der Waals surface area contributed by atoms with Crippen LogP contribution in [0.25, 0.3) is 10.9 Å². The van der Waals surface area contributed by atoms with E-state index < -0.39 is 23.1 Å². The Morgan fingerprint density at radius 2 is 1.88 bits per heavy atom. The van der Waals surface area contributed by atoms with E-state index in [1.165, 1.54) is 0 Å². The van der Waals surface area contributed by atoms with Gasteiger partial charge in [0.15, 0.2) is 0 Å². The number of unbranched alkanes of at least 4 members (excludes halogenated alkanes) is 4. The number of hydrogen-bond acceptors (Lipinski definition) is 8. The van der Waals surface area contributed by atoms with Crippen LogP contribution in [0.15, 0.2) is 23.0 Å². The van der Waals surface area contributed by atoms with Crippen LogP contribution in [0.2, 0.25) is 0 Å². The summed E-state index contributed by atoms with van der Waals surface area (Å²) in [4.78, 5) is 48.5. The number of aromatic nitrogens is 3. The third-order valence-corrected chi connectivity index (χ3v) is 5.51. The fraction of sp³-hybridized carbons (Fsp3) is 0.583. The minimum absolute atomic E-state index is 0.153. The lowest BCUT2D eigenvalue weighted by Crippen LogP contribution is -2.45. The van der Waals surface area contributed by atoms with Gasteiger partial charge in [-0.15, -0.1) is 5.10 Å². The first-order valence-electron chi connectivity index (χ1n) is 11.8. The van der Waals surface area contributed by atoms with Crippen LogP contribution < -0.4 is 16.2 Å². The van der Waals surface area contributed by atoms with Gasteiger partial charge in [-0.05, 0) is 52.2 Å². The molecule has 0 bridgehead atoms. The fourth-order valence-electron chi connectivity index (χ4n) is 3.91. The van der Waals surface area contributed by atoms with Crippen LogP contribution in [0.5, 0.6) is 0 Å². The Hall–Kier alpha value is -3.30. The van der Waals surface area contributed by atoms with Crippen molar-refractivity contribution in [2.24, 2.45) is 0 Å². The maximum absolute atomic E-state index is 13.1. The minimum atomic E-state index is -0.851. The van der Waals surface area contributed by atoms with Gasteiger partial charge in [0.05, 0.1) is 5.39 Å². The van der Waals surface area contributed by atoms with E-state index in [-0.39, 0.29) is 24.7 Å². The Kier molecular flexibility index (Phi) is 8.36. The number of imide groups is 1. The van der Waals surface area contributed by atoms with E-state index in [1.807, 2.05) is 20.8 Å². The van der Waals surface area contributed by atoms with Gasteiger partial charge in [-0.3, -0.25) is 24.5 Å². The van der Waals surface area contributed by atoms with Crippen LogP contribution in [0.1, 0.15) is 78.2 Å². The average molecular weight is 472 g/mol. The smallest absolute Gasteiger partial charge is 0.306 e. The van der Waals surface area contributed by atoms with Crippen molar-refractivity contribution in [1.82, 2.24) is 20.3 Å². The lowest BCUT2D eigenvalue weighted by Gasteiger charge is -2.21. The number of nitrogens with zero attached hydrogens (tertiary/aromatic N) is 3. The van der Waals surface area contributed by atoms with Gasteiger partial charge in [0.25, 0.3) is 11.5 Å². The molecule has 2 heterocycles. The van der Waals surface area contributed by atoms with Gasteiger partial charge < -0.3 is 10.1 Å². The first kappa shape index (κ1) is 25.3. The number of fused-ring (bicyclic) bond motifs is 1. The molecule has 2 N–H and O–H groups in total. The SMILES string of the molecule is CC(C)(C)OC(=O)CCCCCCCNc1cccc2nnn(C3CCC(=O)NC3=O)c(=O)c12. The van der Waals surface area contributed by atoms with Crippen LogP contribution in [0, 0.1) is 0 Å². The highest BCUT2D eigenvalue weighted by atomic mass is 16.6. The van der Waals surface area contributed by atoms with Crippen molar-refractivity contribution in [3.63, 3.8) is 0 Å². The second kappa shape index (κ2) is 11.2. The van der Waals surface area contributed by atoms with Gasteiger partial charge in [-0.25, -0.2) is 0 Å². The summed E-state index contributed by atoms with van der Waals surface area (Å²) in [5, 5.41) is 14.0. The molecule has 2 aromatic rings. The first-order valence-corrected chi connectivity index (χ1v) is 11.8. The number of amides is 2. The van der Waals surface area contributed by atoms with E-state index in [1.54, 1.807) is 18.2 Å². The maximum atomic E-state index is 13.1. The standard InChI is InChI=1S/C24H33N5O5/c1-24(2,3)34-20(31)12-7-5-4-6-8-15-25-16-10-9-11-17-21(16)23(33)29(28-27-17)18-13-14-19(30)26-22(18)32/h9-11,18,25H,4-8,12-15H2,1-3H3,(H,26,30,32). The fourth-order valence-corrected chi connectivity index (χ4v) is 3.91. The predicted molar refractivity (Wildman–Crippen MR) is 127 cm³/mol. The van der Waals surface area contributed by atoms with Crippen LogP contribution >= 0.6 is 0 Å². The van der Waals surface area contributed by atoms with Crippen molar-refractivity contribution in [3.05, 3.63) is 28.6 Å². The van der Waals surface area contributed by atoms with Crippen LogP contribution in [-0.4, -0.2) is 44.9 Å². The number of ether oxygens (including phenoxy) is 1. The van der Waals surface area contributed by atoms with Gasteiger partial charge in [0, 0.05) is 25.1 Å². The van der Waals surface area contributed by atoms with Gasteiger partial charge in [0.2, 0.25) is 5.91 Å². The highest BCUT2D eigenvalue weighted by Gasteiger charge is 2.30. The van der Waals surface area contributed by atoms with Crippen molar-refractivity contribution in [2.75, 3.05) is 11.9 Å². The monoisotopic (exact) mass is 471 g/mol. The lowest BCUT2D eigenvalue weighted by molar-refractivity contribution is -0.155. The molecule has 0 saturated carbocycles. The largest absolute Gasteiger partial charge is 0.460 e. The normalized spacial score (nSPS) is 16.4. The van der Waals surface area contributed by atoms with Crippen molar-refractivity contribution in [1.29, 1.82) is 0 Å². The van der Waals surface area contributed by atoms with Crippen molar-refractivity contribution >= 4 is 34.4 Å². The number of carbonyl (C=O) groups excluding carboxylic acids is 3. The van der Waals surface area contributed by atoms with E-state index >= 15 is 0 Å². The van der Waals surface area contributed by atoms with Crippen molar-refractivity contribution < 1.29 is 19.1 Å². The molecule has 10 nitrogen and oxygen atoms in total. The molecule has 0 spiro atoms. The van der Waals surface area contributed by atoms with E-state index in [0.29, 0.717) is 29.6 Å². The molecule has 1 aromatic carbocycles. The van der Waals surface area contributed by atoms with E-state index in [2.05, 4.69) is 20.9 Å². The molecule has 1 aliphatic rings. The lowest BCUT2D eigenvalue weighted by atomic mass is 10.1. The molecule has 34 heavy (non-hydrogen) atoms. The molecule has 10 heteroatoms. The third kappa shape index (κ3) is 6.85. The molecule has 184 valence electrons. The molecular formula is C24H33N5O5. The zero-order valence-electron chi connectivity index (χ0n) is 20.1. The first-order chi connectivity index (χ1) is 16.2. The van der Waals surface area contributed by atoms with Crippen LogP contribution in [0.4, 0.5) is 5.69 Å². The molecule has 1 aliphatic heterocycles. The molecule has 1 aromatic heterocycles.